The van der Waals surface area contributed by atoms with Crippen molar-refractivity contribution in [2.45, 2.75) is 24.2 Å². The molecule has 1 aromatic carbocycles. The molecule has 0 unspecified atom stereocenters. The molecule has 132 valence electrons. The topological polar surface area (TPSA) is 71.3 Å². The summed E-state index contributed by atoms with van der Waals surface area (Å²) in [5.41, 5.74) is 1.92. The lowest BCUT2D eigenvalue weighted by atomic mass is 10.1. The summed E-state index contributed by atoms with van der Waals surface area (Å²) in [6.07, 6.45) is 5.81. The van der Waals surface area contributed by atoms with Crippen LogP contribution in [0, 0.1) is 0 Å². The van der Waals surface area contributed by atoms with Crippen molar-refractivity contribution >= 4 is 28.9 Å². The van der Waals surface area contributed by atoms with Crippen molar-refractivity contribution in [1.82, 2.24) is 15.0 Å². The Balaban J connectivity index is 1.52. The van der Waals surface area contributed by atoms with E-state index in [2.05, 4.69) is 33.5 Å². The van der Waals surface area contributed by atoms with Gasteiger partial charge in [0.1, 0.15) is 0 Å². The predicted octanol–water partition coefficient (Wildman–Crippen LogP) is 3.08. The Morgan fingerprint density at radius 2 is 2.32 bits per heavy atom. The van der Waals surface area contributed by atoms with Gasteiger partial charge in [-0.3, -0.25) is 4.79 Å². The normalized spacial score (nSPS) is 15.0. The quantitative estimate of drug-likeness (QED) is 0.800. The van der Waals surface area contributed by atoms with Crippen molar-refractivity contribution in [2.75, 3.05) is 31.7 Å². The average molecular weight is 358 g/mol. The molecular weight excluding hydrogens is 336 g/mol. The molecular formula is C18H22N4O2S. The van der Waals surface area contributed by atoms with Crippen LogP contribution in [0.15, 0.2) is 39.8 Å². The second-order valence-corrected chi connectivity index (χ2v) is 6.91. The third-order valence-corrected chi connectivity index (χ3v) is 4.81. The minimum atomic E-state index is -0.0588. The van der Waals surface area contributed by atoms with Crippen molar-refractivity contribution in [1.29, 1.82) is 0 Å². The van der Waals surface area contributed by atoms with Gasteiger partial charge in [0.05, 0.1) is 0 Å². The number of aryl methyl sites for hydroxylation is 1. The first-order chi connectivity index (χ1) is 12.1. The van der Waals surface area contributed by atoms with Gasteiger partial charge in [0.15, 0.2) is 5.82 Å². The summed E-state index contributed by atoms with van der Waals surface area (Å²) in [4.78, 5) is 19.9. The third kappa shape index (κ3) is 4.93. The van der Waals surface area contributed by atoms with Gasteiger partial charge in [-0.05, 0) is 43.5 Å². The van der Waals surface area contributed by atoms with Gasteiger partial charge in [0, 0.05) is 36.5 Å². The van der Waals surface area contributed by atoms with Gasteiger partial charge in [-0.2, -0.15) is 4.98 Å². The van der Waals surface area contributed by atoms with E-state index < -0.39 is 0 Å². The number of hydrogen-bond acceptors (Lipinski definition) is 6. The highest BCUT2D eigenvalue weighted by molar-refractivity contribution is 7.98. The number of nitrogens with zero attached hydrogens (tertiary/aromatic N) is 3. The molecule has 1 aromatic heterocycles. The van der Waals surface area contributed by atoms with Gasteiger partial charge in [-0.15, -0.1) is 11.8 Å². The van der Waals surface area contributed by atoms with Crippen LogP contribution < -0.4 is 5.32 Å². The van der Waals surface area contributed by atoms with E-state index in [9.17, 15) is 4.79 Å². The van der Waals surface area contributed by atoms with Gasteiger partial charge in [0.25, 0.3) is 0 Å². The highest BCUT2D eigenvalue weighted by Gasteiger charge is 2.16. The van der Waals surface area contributed by atoms with Crippen LogP contribution in [-0.2, 0) is 11.2 Å². The molecule has 1 amide bonds. The van der Waals surface area contributed by atoms with E-state index >= 15 is 0 Å². The molecule has 1 aliphatic heterocycles. The number of hydrogen-bond donors (Lipinski definition) is 1. The van der Waals surface area contributed by atoms with Gasteiger partial charge >= 0.3 is 0 Å². The summed E-state index contributed by atoms with van der Waals surface area (Å²) >= 11 is 1.64. The SMILES string of the molecule is CSc1cccc(NC(=O)CCc2nc(C3=CCN(C)CC3)no2)c1. The first-order valence-electron chi connectivity index (χ1n) is 8.28. The number of nitrogens with one attached hydrogen (secondary N) is 1. The maximum Gasteiger partial charge on any atom is 0.227 e. The van der Waals surface area contributed by atoms with E-state index in [-0.39, 0.29) is 5.91 Å². The molecule has 2 aromatic rings. The zero-order chi connectivity index (χ0) is 17.6. The average Bonchev–Trinajstić information content (AvgIpc) is 3.10. The molecule has 2 heterocycles. The molecule has 3 rings (SSSR count). The molecule has 7 heteroatoms. The maximum absolute atomic E-state index is 12.1. The van der Waals surface area contributed by atoms with Crippen LogP contribution >= 0.6 is 11.8 Å². The van der Waals surface area contributed by atoms with Gasteiger partial charge in [0.2, 0.25) is 11.8 Å². The van der Waals surface area contributed by atoms with E-state index in [1.165, 1.54) is 0 Å². The van der Waals surface area contributed by atoms with Crippen molar-refractivity contribution < 1.29 is 9.32 Å². The lowest BCUT2D eigenvalue weighted by Crippen LogP contribution is -2.23. The van der Waals surface area contributed by atoms with Crippen LogP contribution in [-0.4, -0.2) is 47.3 Å². The van der Waals surface area contributed by atoms with Crippen molar-refractivity contribution in [3.8, 4) is 0 Å². The van der Waals surface area contributed by atoms with Crippen LogP contribution in [0.5, 0.6) is 0 Å². The van der Waals surface area contributed by atoms with Gasteiger partial charge in [-0.25, -0.2) is 0 Å². The minimum absolute atomic E-state index is 0.0588. The highest BCUT2D eigenvalue weighted by Crippen LogP contribution is 2.20. The zero-order valence-corrected chi connectivity index (χ0v) is 15.3. The highest BCUT2D eigenvalue weighted by atomic mass is 32.2. The van der Waals surface area contributed by atoms with Crippen LogP contribution in [0.4, 0.5) is 5.69 Å². The van der Waals surface area contributed by atoms with Crippen molar-refractivity contribution in [2.24, 2.45) is 0 Å². The van der Waals surface area contributed by atoms with E-state index in [4.69, 9.17) is 4.52 Å². The molecule has 0 saturated carbocycles. The minimum Gasteiger partial charge on any atom is -0.339 e. The number of benzene rings is 1. The molecule has 1 aliphatic rings. The maximum atomic E-state index is 12.1. The Morgan fingerprint density at radius 1 is 1.44 bits per heavy atom. The molecule has 0 spiro atoms. The molecule has 0 fully saturated rings. The summed E-state index contributed by atoms with van der Waals surface area (Å²) in [7, 11) is 2.09. The monoisotopic (exact) mass is 358 g/mol. The summed E-state index contributed by atoms with van der Waals surface area (Å²) in [6, 6.07) is 7.79. The number of anilines is 1. The fourth-order valence-electron chi connectivity index (χ4n) is 2.61. The number of carbonyl (C=O) groups is 1. The number of carbonyl (C=O) groups excluding carboxylic acids is 1. The lowest BCUT2D eigenvalue weighted by Gasteiger charge is -2.19. The molecule has 6 nitrogen and oxygen atoms in total. The molecule has 0 radical (unpaired) electrons. The molecule has 0 atom stereocenters. The molecule has 1 N–H and O–H groups in total. The standard InChI is InChI=1S/C18H22N4O2S/c1-22-10-8-13(9-11-22)18-20-17(24-21-18)7-6-16(23)19-14-4-3-5-15(12-14)25-2/h3-5,8,12H,6-7,9-11H2,1-2H3,(H,19,23). The van der Waals surface area contributed by atoms with Crippen LogP contribution in [0.1, 0.15) is 24.6 Å². The Kier molecular flexibility index (Phi) is 5.88. The number of aromatic nitrogens is 2. The molecule has 0 aliphatic carbocycles. The Labute approximate surface area is 151 Å². The van der Waals surface area contributed by atoms with Gasteiger partial charge in [-0.1, -0.05) is 17.3 Å². The molecule has 0 bridgehead atoms. The number of amides is 1. The van der Waals surface area contributed by atoms with Gasteiger partial charge < -0.3 is 14.7 Å². The first kappa shape index (κ1) is 17.7. The second-order valence-electron chi connectivity index (χ2n) is 6.03. The number of thioether (sulfide) groups is 1. The smallest absolute Gasteiger partial charge is 0.227 e. The van der Waals surface area contributed by atoms with E-state index in [0.717, 1.165) is 35.7 Å². The fourth-order valence-corrected chi connectivity index (χ4v) is 3.06. The second kappa shape index (κ2) is 8.31. The largest absolute Gasteiger partial charge is 0.339 e. The number of rotatable bonds is 6. The summed E-state index contributed by atoms with van der Waals surface area (Å²) in [6.45, 7) is 1.89. The predicted molar refractivity (Wildman–Crippen MR) is 99.6 cm³/mol. The summed E-state index contributed by atoms with van der Waals surface area (Å²) < 4.78 is 5.28. The van der Waals surface area contributed by atoms with Crippen LogP contribution in [0.2, 0.25) is 0 Å². The third-order valence-electron chi connectivity index (χ3n) is 4.09. The Morgan fingerprint density at radius 3 is 3.08 bits per heavy atom. The van der Waals surface area contributed by atoms with E-state index in [1.54, 1.807) is 11.8 Å². The lowest BCUT2D eigenvalue weighted by molar-refractivity contribution is -0.116. The summed E-state index contributed by atoms with van der Waals surface area (Å²) in [5.74, 6) is 1.09. The molecule has 0 saturated heterocycles. The van der Waals surface area contributed by atoms with E-state index in [1.807, 2.05) is 30.5 Å². The zero-order valence-electron chi connectivity index (χ0n) is 14.5. The van der Waals surface area contributed by atoms with Crippen molar-refractivity contribution in [3.63, 3.8) is 0 Å². The first-order valence-corrected chi connectivity index (χ1v) is 9.51. The fraction of sp³-hybridized carbons (Fsp3) is 0.389. The summed E-state index contributed by atoms with van der Waals surface area (Å²) in [5, 5.41) is 6.95. The van der Waals surface area contributed by atoms with Crippen molar-refractivity contribution in [3.05, 3.63) is 42.1 Å². The van der Waals surface area contributed by atoms with E-state index in [0.29, 0.717) is 24.6 Å². The number of likely N-dealkylation sites (N-methyl/N-ethyl adjacent to an activating group) is 1. The Hall–Kier alpha value is -2.12. The molecule has 25 heavy (non-hydrogen) atoms. The Bertz CT molecular complexity index is 772. The van der Waals surface area contributed by atoms with Crippen LogP contribution in [0.25, 0.3) is 5.57 Å². The van der Waals surface area contributed by atoms with Crippen LogP contribution in [0.3, 0.4) is 0 Å².